The maximum absolute atomic E-state index is 11.4. The van der Waals surface area contributed by atoms with Gasteiger partial charge in [-0.3, -0.25) is 4.79 Å². The first kappa shape index (κ1) is 12.7. The van der Waals surface area contributed by atoms with Gasteiger partial charge in [-0.15, -0.1) is 0 Å². The van der Waals surface area contributed by atoms with Crippen molar-refractivity contribution < 1.29 is 9.32 Å². The summed E-state index contributed by atoms with van der Waals surface area (Å²) in [5.74, 6) is 1.17. The summed E-state index contributed by atoms with van der Waals surface area (Å²) in [6.45, 7) is 4.90. The van der Waals surface area contributed by atoms with Gasteiger partial charge < -0.3 is 15.6 Å². The molecule has 1 atom stereocenters. The quantitative estimate of drug-likeness (QED) is 0.756. The molecule has 1 amide bonds. The molecule has 0 aromatic carbocycles. The van der Waals surface area contributed by atoms with E-state index < -0.39 is 0 Å². The van der Waals surface area contributed by atoms with Crippen LogP contribution < -0.4 is 11.1 Å². The largest absolute Gasteiger partial charge is 0.361 e. The number of carbonyl (C=O) groups excluding carboxylic acids is 1. The highest BCUT2D eigenvalue weighted by Crippen LogP contribution is 2.04. The van der Waals surface area contributed by atoms with Gasteiger partial charge in [-0.1, -0.05) is 12.1 Å². The first-order valence-corrected chi connectivity index (χ1v) is 5.50. The average molecular weight is 225 g/mol. The fraction of sp³-hybridized carbons (Fsp3) is 0.636. The highest BCUT2D eigenvalue weighted by molar-refractivity contribution is 5.75. The van der Waals surface area contributed by atoms with E-state index in [4.69, 9.17) is 10.3 Å². The molecule has 90 valence electrons. The smallest absolute Gasteiger partial charge is 0.220 e. The second-order valence-corrected chi connectivity index (χ2v) is 4.09. The van der Waals surface area contributed by atoms with Crippen LogP contribution in [0.1, 0.15) is 31.2 Å². The Morgan fingerprint density at radius 1 is 1.69 bits per heavy atom. The van der Waals surface area contributed by atoms with Crippen LogP contribution >= 0.6 is 0 Å². The number of aryl methyl sites for hydroxylation is 1. The molecule has 0 bridgehead atoms. The van der Waals surface area contributed by atoms with Gasteiger partial charge in [0.1, 0.15) is 11.5 Å². The number of nitrogens with zero attached hydrogens (tertiary/aromatic N) is 1. The highest BCUT2D eigenvalue weighted by Gasteiger charge is 2.06. The van der Waals surface area contributed by atoms with Crippen LogP contribution in [-0.2, 0) is 11.3 Å². The molecule has 5 nitrogen and oxygen atoms in total. The Hall–Kier alpha value is -1.36. The lowest BCUT2D eigenvalue weighted by atomic mass is 10.1. The summed E-state index contributed by atoms with van der Waals surface area (Å²) in [7, 11) is 0. The van der Waals surface area contributed by atoms with Crippen molar-refractivity contribution in [1.82, 2.24) is 10.5 Å². The van der Waals surface area contributed by atoms with Gasteiger partial charge in [-0.25, -0.2) is 0 Å². The molecule has 0 aliphatic carbocycles. The maximum atomic E-state index is 11.4. The van der Waals surface area contributed by atoms with Crippen molar-refractivity contribution in [2.24, 2.45) is 11.7 Å². The fourth-order valence-electron chi connectivity index (χ4n) is 1.27. The second kappa shape index (κ2) is 6.27. The second-order valence-electron chi connectivity index (χ2n) is 4.09. The Balaban J connectivity index is 2.20. The van der Waals surface area contributed by atoms with Crippen molar-refractivity contribution >= 4 is 5.91 Å². The summed E-state index contributed by atoms with van der Waals surface area (Å²) < 4.78 is 4.89. The fourth-order valence-corrected chi connectivity index (χ4v) is 1.27. The van der Waals surface area contributed by atoms with Crippen LogP contribution in [0.15, 0.2) is 10.6 Å². The normalized spacial score (nSPS) is 12.4. The van der Waals surface area contributed by atoms with Crippen LogP contribution in [0.2, 0.25) is 0 Å². The van der Waals surface area contributed by atoms with Crippen molar-refractivity contribution in [3.63, 3.8) is 0 Å². The topological polar surface area (TPSA) is 81.2 Å². The highest BCUT2D eigenvalue weighted by atomic mass is 16.5. The third-order valence-electron chi connectivity index (χ3n) is 2.41. The zero-order valence-electron chi connectivity index (χ0n) is 9.82. The van der Waals surface area contributed by atoms with Gasteiger partial charge >= 0.3 is 0 Å². The minimum atomic E-state index is 0.0287. The van der Waals surface area contributed by atoms with Gasteiger partial charge in [0.05, 0.1) is 6.54 Å². The van der Waals surface area contributed by atoms with Gasteiger partial charge in [0.15, 0.2) is 0 Å². The lowest BCUT2D eigenvalue weighted by Gasteiger charge is -2.07. The predicted molar refractivity (Wildman–Crippen MR) is 60.5 cm³/mol. The number of hydrogen-bond acceptors (Lipinski definition) is 4. The molecule has 0 spiro atoms. The van der Waals surface area contributed by atoms with Gasteiger partial charge in [0, 0.05) is 12.5 Å². The van der Waals surface area contributed by atoms with Crippen molar-refractivity contribution in [3.8, 4) is 0 Å². The predicted octanol–water partition coefficient (Wildman–Crippen LogP) is 0.974. The molecular weight excluding hydrogens is 206 g/mol. The Labute approximate surface area is 95.4 Å². The van der Waals surface area contributed by atoms with E-state index in [1.807, 2.05) is 19.9 Å². The third kappa shape index (κ3) is 4.44. The molecule has 0 radical (unpaired) electrons. The monoisotopic (exact) mass is 225 g/mol. The van der Waals surface area contributed by atoms with Crippen LogP contribution in [0, 0.1) is 12.8 Å². The molecule has 0 saturated carbocycles. The number of rotatable bonds is 6. The molecule has 0 aliphatic rings. The minimum Gasteiger partial charge on any atom is -0.361 e. The van der Waals surface area contributed by atoms with E-state index in [-0.39, 0.29) is 5.91 Å². The standard InChI is InChI=1S/C11H19N3O2/c1-8(6-12)3-4-11(15)13-7-10-5-9(2)16-14-10/h5,8H,3-4,6-7,12H2,1-2H3,(H,13,15). The zero-order valence-corrected chi connectivity index (χ0v) is 9.82. The molecule has 0 saturated heterocycles. The Morgan fingerprint density at radius 2 is 2.44 bits per heavy atom. The summed E-state index contributed by atoms with van der Waals surface area (Å²) in [4.78, 5) is 11.4. The van der Waals surface area contributed by atoms with E-state index >= 15 is 0 Å². The number of amides is 1. The summed E-state index contributed by atoms with van der Waals surface area (Å²) >= 11 is 0. The number of nitrogens with one attached hydrogen (secondary N) is 1. The number of nitrogens with two attached hydrogens (primary N) is 1. The lowest BCUT2D eigenvalue weighted by Crippen LogP contribution is -2.24. The van der Waals surface area contributed by atoms with Crippen molar-refractivity contribution in [1.29, 1.82) is 0 Å². The molecule has 5 heteroatoms. The summed E-state index contributed by atoms with van der Waals surface area (Å²) in [6.07, 6.45) is 1.33. The van der Waals surface area contributed by atoms with E-state index in [9.17, 15) is 4.79 Å². The molecule has 0 aliphatic heterocycles. The van der Waals surface area contributed by atoms with Gasteiger partial charge in [-0.2, -0.15) is 0 Å². The van der Waals surface area contributed by atoms with Crippen LogP contribution in [0.3, 0.4) is 0 Å². The van der Waals surface area contributed by atoms with Gasteiger partial charge in [0.25, 0.3) is 0 Å². The minimum absolute atomic E-state index is 0.0287. The molecule has 1 unspecified atom stereocenters. The third-order valence-corrected chi connectivity index (χ3v) is 2.41. The molecular formula is C11H19N3O2. The van der Waals surface area contributed by atoms with E-state index in [1.54, 1.807) is 0 Å². The van der Waals surface area contributed by atoms with Gasteiger partial charge in [-0.05, 0) is 25.8 Å². The number of carbonyl (C=O) groups is 1. The Kier molecular flexibility index (Phi) is 4.98. The molecule has 1 rings (SSSR count). The summed E-state index contributed by atoms with van der Waals surface area (Å²) in [6, 6.07) is 1.81. The van der Waals surface area contributed by atoms with E-state index in [0.29, 0.717) is 25.4 Å². The molecule has 1 heterocycles. The summed E-state index contributed by atoms with van der Waals surface area (Å²) in [5, 5.41) is 6.58. The number of hydrogen-bond donors (Lipinski definition) is 2. The molecule has 0 fully saturated rings. The van der Waals surface area contributed by atoms with E-state index in [2.05, 4.69) is 10.5 Å². The zero-order chi connectivity index (χ0) is 12.0. The van der Waals surface area contributed by atoms with Crippen molar-refractivity contribution in [2.45, 2.75) is 33.2 Å². The summed E-state index contributed by atoms with van der Waals surface area (Å²) in [5.41, 5.74) is 6.22. The maximum Gasteiger partial charge on any atom is 0.220 e. The van der Waals surface area contributed by atoms with E-state index in [0.717, 1.165) is 17.9 Å². The van der Waals surface area contributed by atoms with Crippen molar-refractivity contribution in [3.05, 3.63) is 17.5 Å². The Morgan fingerprint density at radius 3 is 3.00 bits per heavy atom. The van der Waals surface area contributed by atoms with Crippen LogP contribution in [-0.4, -0.2) is 17.6 Å². The lowest BCUT2D eigenvalue weighted by molar-refractivity contribution is -0.121. The first-order valence-electron chi connectivity index (χ1n) is 5.50. The van der Waals surface area contributed by atoms with Crippen LogP contribution in [0.4, 0.5) is 0 Å². The molecule has 3 N–H and O–H groups in total. The molecule has 16 heavy (non-hydrogen) atoms. The molecule has 1 aromatic rings. The van der Waals surface area contributed by atoms with Gasteiger partial charge in [0.2, 0.25) is 5.91 Å². The van der Waals surface area contributed by atoms with Crippen LogP contribution in [0.25, 0.3) is 0 Å². The van der Waals surface area contributed by atoms with E-state index in [1.165, 1.54) is 0 Å². The average Bonchev–Trinajstić information content (AvgIpc) is 2.69. The first-order chi connectivity index (χ1) is 7.61. The van der Waals surface area contributed by atoms with Crippen molar-refractivity contribution in [2.75, 3.05) is 6.54 Å². The number of aromatic nitrogens is 1. The Bertz CT molecular complexity index is 336. The van der Waals surface area contributed by atoms with Crippen LogP contribution in [0.5, 0.6) is 0 Å². The SMILES string of the molecule is Cc1cc(CNC(=O)CCC(C)CN)no1. The molecule has 1 aromatic heterocycles.